The average Bonchev–Trinajstić information content (AvgIpc) is 3.12. The largest absolute Gasteiger partial charge is 0.365 e. The van der Waals surface area contributed by atoms with Crippen LogP contribution in [-0.2, 0) is 0 Å². The van der Waals surface area contributed by atoms with Gasteiger partial charge in [-0.25, -0.2) is 0 Å². The van der Waals surface area contributed by atoms with Gasteiger partial charge in [0.1, 0.15) is 0 Å². The summed E-state index contributed by atoms with van der Waals surface area (Å²) in [6, 6.07) is 20.3. The van der Waals surface area contributed by atoms with Gasteiger partial charge in [0.15, 0.2) is 0 Å². The summed E-state index contributed by atoms with van der Waals surface area (Å²) in [6.07, 6.45) is 1.79. The Bertz CT molecular complexity index is 1090. The number of carbonyl (C=O) groups excluding carboxylic acids is 1. The first-order chi connectivity index (χ1) is 12.6. The molecule has 4 rings (SSSR count). The average molecular weight is 359 g/mol. The Morgan fingerprint density at radius 3 is 2.42 bits per heavy atom. The molecule has 0 saturated carbocycles. The number of nitrogens with two attached hydrogens (primary N) is 1. The number of amides is 1. The van der Waals surface area contributed by atoms with Crippen LogP contribution in [0.5, 0.6) is 0 Å². The molecule has 0 atom stereocenters. The van der Waals surface area contributed by atoms with Gasteiger partial charge in [-0.15, -0.1) is 11.3 Å². The van der Waals surface area contributed by atoms with E-state index in [0.717, 1.165) is 32.7 Å². The molecule has 4 aromatic rings. The highest BCUT2D eigenvalue weighted by atomic mass is 32.1. The van der Waals surface area contributed by atoms with Crippen molar-refractivity contribution in [3.8, 4) is 11.1 Å². The summed E-state index contributed by atoms with van der Waals surface area (Å²) in [5.74, 6) is -0.413. The van der Waals surface area contributed by atoms with E-state index >= 15 is 0 Å². The molecule has 1 amide bonds. The molecule has 0 radical (unpaired) electrons. The van der Waals surface area contributed by atoms with Gasteiger partial charge in [0, 0.05) is 11.1 Å². The van der Waals surface area contributed by atoms with Crippen molar-refractivity contribution in [2.75, 3.05) is 5.32 Å². The molecule has 5 heteroatoms. The number of carbonyl (C=O) groups is 1. The molecule has 0 saturated heterocycles. The number of hydrogen-bond acceptors (Lipinski definition) is 4. The Morgan fingerprint density at radius 1 is 1.04 bits per heavy atom. The van der Waals surface area contributed by atoms with E-state index in [0.29, 0.717) is 4.88 Å². The van der Waals surface area contributed by atoms with E-state index in [1.165, 1.54) is 16.9 Å². The number of nitrogens with zero attached hydrogens (tertiary/aromatic N) is 1. The van der Waals surface area contributed by atoms with Crippen molar-refractivity contribution in [3.63, 3.8) is 0 Å². The first kappa shape index (κ1) is 16.3. The van der Waals surface area contributed by atoms with E-state index in [9.17, 15) is 4.79 Å². The van der Waals surface area contributed by atoms with Crippen LogP contribution in [0.2, 0.25) is 0 Å². The van der Waals surface area contributed by atoms with Crippen molar-refractivity contribution in [2.24, 2.45) is 5.73 Å². The first-order valence-electron chi connectivity index (χ1n) is 8.23. The summed E-state index contributed by atoms with van der Waals surface area (Å²) in [5, 5.41) is 4.36. The highest BCUT2D eigenvalue weighted by Gasteiger charge is 2.13. The lowest BCUT2D eigenvalue weighted by molar-refractivity contribution is 0.100. The molecule has 0 unspecified atom stereocenters. The Kier molecular flexibility index (Phi) is 4.14. The minimum atomic E-state index is -0.413. The summed E-state index contributed by atoms with van der Waals surface area (Å²) < 4.78 is 0.977. The number of aryl methyl sites for hydroxylation is 1. The predicted octanol–water partition coefficient (Wildman–Crippen LogP) is 5.11. The third-order valence-corrected chi connectivity index (χ3v) is 5.51. The number of pyridine rings is 1. The second kappa shape index (κ2) is 6.61. The number of benzene rings is 2. The molecule has 2 heterocycles. The number of thiophene rings is 1. The van der Waals surface area contributed by atoms with Gasteiger partial charge < -0.3 is 11.1 Å². The molecule has 0 aliphatic heterocycles. The van der Waals surface area contributed by atoms with Gasteiger partial charge in [0.25, 0.3) is 5.91 Å². The molecule has 2 aromatic carbocycles. The summed E-state index contributed by atoms with van der Waals surface area (Å²) in [7, 11) is 0. The van der Waals surface area contributed by atoms with Gasteiger partial charge in [0.05, 0.1) is 27.2 Å². The molecule has 0 aliphatic carbocycles. The maximum absolute atomic E-state index is 11.5. The predicted molar refractivity (Wildman–Crippen MR) is 108 cm³/mol. The zero-order valence-electron chi connectivity index (χ0n) is 14.2. The van der Waals surface area contributed by atoms with Crippen molar-refractivity contribution in [1.82, 2.24) is 4.98 Å². The van der Waals surface area contributed by atoms with Crippen LogP contribution in [0.3, 0.4) is 0 Å². The van der Waals surface area contributed by atoms with Crippen molar-refractivity contribution in [2.45, 2.75) is 6.92 Å². The van der Waals surface area contributed by atoms with Crippen LogP contribution in [0, 0.1) is 6.92 Å². The number of rotatable bonds is 4. The highest BCUT2D eigenvalue weighted by molar-refractivity contribution is 7.21. The van der Waals surface area contributed by atoms with Crippen LogP contribution in [0.1, 0.15) is 15.4 Å². The number of anilines is 2. The molecule has 0 fully saturated rings. The Balaban J connectivity index is 1.67. The molecule has 0 aliphatic rings. The fourth-order valence-electron chi connectivity index (χ4n) is 2.90. The maximum Gasteiger partial charge on any atom is 0.258 e. The third-order valence-electron chi connectivity index (χ3n) is 4.25. The van der Waals surface area contributed by atoms with Crippen LogP contribution in [0.15, 0.2) is 66.9 Å². The van der Waals surface area contributed by atoms with E-state index in [-0.39, 0.29) is 0 Å². The minimum absolute atomic E-state index is 0.413. The first-order valence-corrected chi connectivity index (χ1v) is 9.05. The van der Waals surface area contributed by atoms with Crippen molar-refractivity contribution in [1.29, 1.82) is 0 Å². The lowest BCUT2D eigenvalue weighted by atomic mass is 10.1. The molecular formula is C21H17N3OS. The second-order valence-corrected chi connectivity index (χ2v) is 7.10. The van der Waals surface area contributed by atoms with E-state index in [1.807, 2.05) is 43.3 Å². The van der Waals surface area contributed by atoms with Crippen LogP contribution in [0.4, 0.5) is 11.4 Å². The zero-order chi connectivity index (χ0) is 18.1. The SMILES string of the molecule is Cc1ncc(Nc2ccc(-c3ccccc3)cc2)c2cc(C(N)=O)sc12. The second-order valence-electron chi connectivity index (χ2n) is 6.04. The normalized spacial score (nSPS) is 10.8. The van der Waals surface area contributed by atoms with E-state index in [1.54, 1.807) is 6.20 Å². The smallest absolute Gasteiger partial charge is 0.258 e. The van der Waals surface area contributed by atoms with Gasteiger partial charge in [-0.3, -0.25) is 9.78 Å². The minimum Gasteiger partial charge on any atom is -0.365 e. The highest BCUT2D eigenvalue weighted by Crippen LogP contribution is 2.34. The lowest BCUT2D eigenvalue weighted by Crippen LogP contribution is -2.08. The van der Waals surface area contributed by atoms with Crippen LogP contribution < -0.4 is 11.1 Å². The summed E-state index contributed by atoms with van der Waals surface area (Å²) in [5.41, 5.74) is 10.5. The molecule has 0 bridgehead atoms. The molecular weight excluding hydrogens is 342 g/mol. The monoisotopic (exact) mass is 359 g/mol. The molecule has 128 valence electrons. The Morgan fingerprint density at radius 2 is 1.73 bits per heavy atom. The Labute approximate surface area is 155 Å². The van der Waals surface area contributed by atoms with Crippen molar-refractivity contribution >= 4 is 38.7 Å². The van der Waals surface area contributed by atoms with Crippen LogP contribution in [-0.4, -0.2) is 10.9 Å². The number of primary amides is 1. The number of hydrogen-bond donors (Lipinski definition) is 2. The van der Waals surface area contributed by atoms with Gasteiger partial charge >= 0.3 is 0 Å². The van der Waals surface area contributed by atoms with Crippen LogP contribution >= 0.6 is 11.3 Å². The van der Waals surface area contributed by atoms with Crippen LogP contribution in [0.25, 0.3) is 21.2 Å². The number of fused-ring (bicyclic) bond motifs is 1. The molecule has 26 heavy (non-hydrogen) atoms. The molecule has 0 spiro atoms. The zero-order valence-corrected chi connectivity index (χ0v) is 15.0. The van der Waals surface area contributed by atoms with Gasteiger partial charge in [0.2, 0.25) is 0 Å². The molecule has 3 N–H and O–H groups in total. The topological polar surface area (TPSA) is 68.0 Å². The summed E-state index contributed by atoms with van der Waals surface area (Å²) >= 11 is 1.38. The fraction of sp³-hybridized carbons (Fsp3) is 0.0476. The number of nitrogens with one attached hydrogen (secondary N) is 1. The van der Waals surface area contributed by atoms with Gasteiger partial charge in [-0.1, -0.05) is 42.5 Å². The van der Waals surface area contributed by atoms with Gasteiger partial charge in [-0.2, -0.15) is 0 Å². The van der Waals surface area contributed by atoms with Crippen molar-refractivity contribution in [3.05, 3.63) is 77.4 Å². The fourth-order valence-corrected chi connectivity index (χ4v) is 3.88. The maximum atomic E-state index is 11.5. The van der Waals surface area contributed by atoms with Crippen molar-refractivity contribution < 1.29 is 4.79 Å². The summed E-state index contributed by atoms with van der Waals surface area (Å²) in [6.45, 7) is 1.93. The molecule has 2 aromatic heterocycles. The lowest BCUT2D eigenvalue weighted by Gasteiger charge is -2.09. The summed E-state index contributed by atoms with van der Waals surface area (Å²) in [4.78, 5) is 16.5. The van der Waals surface area contributed by atoms with Gasteiger partial charge in [-0.05, 0) is 36.2 Å². The quantitative estimate of drug-likeness (QED) is 0.532. The number of aromatic nitrogens is 1. The van der Waals surface area contributed by atoms with E-state index in [4.69, 9.17) is 5.73 Å². The van der Waals surface area contributed by atoms with E-state index in [2.05, 4.69) is 34.6 Å². The molecule has 4 nitrogen and oxygen atoms in total. The standard InChI is InChI=1S/C21H17N3OS/c1-13-20-17(11-19(26-20)21(22)25)18(12-23-13)24-16-9-7-15(8-10-16)14-5-3-2-4-6-14/h2-12,24H,1H3,(H2,22,25). The van der Waals surface area contributed by atoms with E-state index < -0.39 is 5.91 Å². The third kappa shape index (κ3) is 3.05. The Hall–Kier alpha value is -3.18.